The Kier molecular flexibility index (Phi) is 6.91. The monoisotopic (exact) mass is 402 g/mol. The van der Waals surface area contributed by atoms with Gasteiger partial charge in [0.25, 0.3) is 0 Å². The zero-order valence-electron chi connectivity index (χ0n) is 16.1. The molecule has 2 aromatic carbocycles. The van der Waals surface area contributed by atoms with Gasteiger partial charge in [-0.15, -0.1) is 0 Å². The van der Waals surface area contributed by atoms with Gasteiger partial charge in [-0.25, -0.2) is 19.2 Å². The number of carbonyl (C=O) groups excluding carboxylic acids is 4. The topological polar surface area (TPSA) is 114 Å². The van der Waals surface area contributed by atoms with Crippen LogP contribution in [0.5, 0.6) is 11.5 Å². The van der Waals surface area contributed by atoms with Crippen LogP contribution in [-0.4, -0.2) is 52.3 Å². The Labute approximate surface area is 166 Å². The van der Waals surface area contributed by atoms with E-state index in [2.05, 4.69) is 18.9 Å². The molecule has 9 nitrogen and oxygen atoms in total. The van der Waals surface area contributed by atoms with Gasteiger partial charge in [-0.05, 0) is 36.4 Å². The van der Waals surface area contributed by atoms with E-state index in [1.54, 1.807) is 0 Å². The first-order valence-electron chi connectivity index (χ1n) is 8.15. The Bertz CT molecular complexity index is 885. The molecule has 0 saturated carbocycles. The minimum Gasteiger partial charge on any atom is -0.465 e. The van der Waals surface area contributed by atoms with Crippen molar-refractivity contribution >= 4 is 23.9 Å². The lowest BCUT2D eigenvalue weighted by molar-refractivity contribution is 0.0554. The van der Waals surface area contributed by atoms with Crippen LogP contribution < -0.4 is 4.74 Å². The molecule has 9 heteroatoms. The van der Waals surface area contributed by atoms with Gasteiger partial charge in [-0.2, -0.15) is 0 Å². The molecule has 0 aliphatic carbocycles. The van der Waals surface area contributed by atoms with E-state index in [9.17, 15) is 19.2 Å². The Morgan fingerprint density at radius 1 is 0.517 bits per heavy atom. The van der Waals surface area contributed by atoms with Crippen molar-refractivity contribution in [2.45, 2.75) is 0 Å². The second-order valence-corrected chi connectivity index (χ2v) is 5.48. The quantitative estimate of drug-likeness (QED) is 0.531. The first kappa shape index (κ1) is 21.4. The number of hydrogen-bond donors (Lipinski definition) is 0. The molecule has 2 rings (SSSR count). The van der Waals surface area contributed by atoms with Crippen LogP contribution in [0.3, 0.4) is 0 Å². The summed E-state index contributed by atoms with van der Waals surface area (Å²) >= 11 is 0. The van der Waals surface area contributed by atoms with Gasteiger partial charge in [0.1, 0.15) is 11.5 Å². The highest BCUT2D eigenvalue weighted by Crippen LogP contribution is 2.27. The van der Waals surface area contributed by atoms with Crippen molar-refractivity contribution in [2.24, 2.45) is 0 Å². The second kappa shape index (κ2) is 9.36. The summed E-state index contributed by atoms with van der Waals surface area (Å²) in [6.45, 7) is 0. The molecule has 0 fully saturated rings. The highest BCUT2D eigenvalue weighted by molar-refractivity contribution is 6.04. The highest BCUT2D eigenvalue weighted by Gasteiger charge is 2.21. The summed E-state index contributed by atoms with van der Waals surface area (Å²) in [5, 5.41) is 0. The number of carbonyl (C=O) groups is 4. The lowest BCUT2D eigenvalue weighted by Crippen LogP contribution is -2.12. The standard InChI is InChI=1S/C20H18O9/c1-25-17(21)13-7-5-11(9-15(13)19(23)27-3)29-12-6-8-14(18(22)26-2)16(10-12)20(24)28-4/h5-10H,1-4H3. The van der Waals surface area contributed by atoms with Crippen LogP contribution >= 0.6 is 0 Å². The molecule has 0 radical (unpaired) electrons. The maximum Gasteiger partial charge on any atom is 0.338 e. The first-order valence-corrected chi connectivity index (χ1v) is 8.15. The van der Waals surface area contributed by atoms with E-state index in [4.69, 9.17) is 4.74 Å². The molecule has 0 atom stereocenters. The van der Waals surface area contributed by atoms with Crippen molar-refractivity contribution in [3.8, 4) is 11.5 Å². The Balaban J connectivity index is 2.45. The largest absolute Gasteiger partial charge is 0.465 e. The normalized spacial score (nSPS) is 9.93. The van der Waals surface area contributed by atoms with E-state index in [1.807, 2.05) is 0 Å². The lowest BCUT2D eigenvalue weighted by atomic mass is 10.1. The predicted octanol–water partition coefficient (Wildman–Crippen LogP) is 2.63. The third-order valence-electron chi connectivity index (χ3n) is 3.84. The number of methoxy groups -OCH3 is 4. The van der Waals surface area contributed by atoms with Gasteiger partial charge in [0.15, 0.2) is 0 Å². The van der Waals surface area contributed by atoms with Crippen LogP contribution in [0.4, 0.5) is 0 Å². The van der Waals surface area contributed by atoms with Crippen molar-refractivity contribution in [3.05, 3.63) is 58.7 Å². The minimum absolute atomic E-state index is 0.00277. The summed E-state index contributed by atoms with van der Waals surface area (Å²) in [4.78, 5) is 47.7. The molecule has 152 valence electrons. The van der Waals surface area contributed by atoms with Gasteiger partial charge >= 0.3 is 23.9 Å². The molecule has 0 unspecified atom stereocenters. The number of hydrogen-bond acceptors (Lipinski definition) is 9. The molecule has 0 heterocycles. The van der Waals surface area contributed by atoms with E-state index < -0.39 is 23.9 Å². The summed E-state index contributed by atoms with van der Waals surface area (Å²) in [6.07, 6.45) is 0. The maximum atomic E-state index is 12.0. The van der Waals surface area contributed by atoms with Gasteiger partial charge in [-0.1, -0.05) is 0 Å². The van der Waals surface area contributed by atoms with Crippen LogP contribution in [0, 0.1) is 0 Å². The van der Waals surface area contributed by atoms with Crippen molar-refractivity contribution in [3.63, 3.8) is 0 Å². The fourth-order valence-corrected chi connectivity index (χ4v) is 2.44. The molecule has 0 bridgehead atoms. The van der Waals surface area contributed by atoms with Crippen LogP contribution in [-0.2, 0) is 18.9 Å². The van der Waals surface area contributed by atoms with E-state index in [0.29, 0.717) is 0 Å². The average molecular weight is 402 g/mol. The molecule has 0 aliphatic heterocycles. The summed E-state index contributed by atoms with van der Waals surface area (Å²) in [7, 11) is 4.71. The van der Waals surface area contributed by atoms with Gasteiger partial charge in [-0.3, -0.25) is 0 Å². The van der Waals surface area contributed by atoms with E-state index >= 15 is 0 Å². The minimum atomic E-state index is -0.757. The van der Waals surface area contributed by atoms with Gasteiger partial charge in [0.2, 0.25) is 0 Å². The molecular formula is C20H18O9. The number of rotatable bonds is 6. The van der Waals surface area contributed by atoms with E-state index in [0.717, 1.165) is 0 Å². The fourth-order valence-electron chi connectivity index (χ4n) is 2.44. The second-order valence-electron chi connectivity index (χ2n) is 5.48. The molecular weight excluding hydrogens is 384 g/mol. The molecule has 0 spiro atoms. The van der Waals surface area contributed by atoms with Gasteiger partial charge < -0.3 is 23.7 Å². The molecule has 2 aromatic rings. The zero-order chi connectivity index (χ0) is 21.6. The van der Waals surface area contributed by atoms with E-state index in [-0.39, 0.29) is 33.8 Å². The number of esters is 4. The van der Waals surface area contributed by atoms with Crippen molar-refractivity contribution in [1.82, 2.24) is 0 Å². The van der Waals surface area contributed by atoms with Crippen LogP contribution in [0.2, 0.25) is 0 Å². The Morgan fingerprint density at radius 2 is 0.828 bits per heavy atom. The van der Waals surface area contributed by atoms with Crippen molar-refractivity contribution in [1.29, 1.82) is 0 Å². The number of benzene rings is 2. The molecule has 0 N–H and O–H groups in total. The highest BCUT2D eigenvalue weighted by atomic mass is 16.5. The molecule has 29 heavy (non-hydrogen) atoms. The Morgan fingerprint density at radius 3 is 1.14 bits per heavy atom. The zero-order valence-corrected chi connectivity index (χ0v) is 16.1. The van der Waals surface area contributed by atoms with Gasteiger partial charge in [0, 0.05) is 0 Å². The van der Waals surface area contributed by atoms with E-state index in [1.165, 1.54) is 64.8 Å². The lowest BCUT2D eigenvalue weighted by Gasteiger charge is -2.12. The van der Waals surface area contributed by atoms with Crippen LogP contribution in [0.15, 0.2) is 36.4 Å². The first-order chi connectivity index (χ1) is 13.9. The Hall–Kier alpha value is -3.88. The summed E-state index contributed by atoms with van der Waals surface area (Å²) < 4.78 is 24.3. The molecule has 0 aliphatic rings. The van der Waals surface area contributed by atoms with Crippen LogP contribution in [0.1, 0.15) is 41.4 Å². The SMILES string of the molecule is COC(=O)c1ccc(Oc2ccc(C(=O)OC)c(C(=O)OC)c2)cc1C(=O)OC. The van der Waals surface area contributed by atoms with Crippen LogP contribution in [0.25, 0.3) is 0 Å². The predicted molar refractivity (Wildman–Crippen MR) is 98.3 cm³/mol. The fraction of sp³-hybridized carbons (Fsp3) is 0.200. The third kappa shape index (κ3) is 4.70. The summed E-state index contributed by atoms with van der Waals surface area (Å²) in [5.41, 5.74) is -0.113. The summed E-state index contributed by atoms with van der Waals surface area (Å²) in [6, 6.07) is 8.15. The molecule has 0 amide bonds. The molecule has 0 aromatic heterocycles. The van der Waals surface area contributed by atoms with Crippen molar-refractivity contribution in [2.75, 3.05) is 28.4 Å². The van der Waals surface area contributed by atoms with Gasteiger partial charge in [0.05, 0.1) is 50.7 Å². The number of ether oxygens (including phenoxy) is 5. The average Bonchev–Trinajstić information content (AvgIpc) is 2.76. The smallest absolute Gasteiger partial charge is 0.338 e. The summed E-state index contributed by atoms with van der Waals surface area (Å²) in [5.74, 6) is -2.58. The third-order valence-corrected chi connectivity index (χ3v) is 3.84. The molecule has 0 saturated heterocycles. The maximum absolute atomic E-state index is 12.0. The van der Waals surface area contributed by atoms with Crippen molar-refractivity contribution < 1.29 is 42.9 Å².